The summed E-state index contributed by atoms with van der Waals surface area (Å²) in [7, 11) is 1.96. The largest absolute Gasteiger partial charge is 0.356 e. The zero-order valence-corrected chi connectivity index (χ0v) is 13.5. The molecule has 0 radical (unpaired) electrons. The summed E-state index contributed by atoms with van der Waals surface area (Å²) in [6, 6.07) is 0. The normalized spacial score (nSPS) is 16.1. The molecule has 118 valence electrons. The van der Waals surface area contributed by atoms with E-state index in [0.717, 1.165) is 37.5 Å². The molecule has 0 spiro atoms. The van der Waals surface area contributed by atoms with E-state index >= 15 is 0 Å². The van der Waals surface area contributed by atoms with Gasteiger partial charge in [-0.15, -0.1) is 0 Å². The Morgan fingerprint density at radius 1 is 1.38 bits per heavy atom. The molecular weight excluding hydrogens is 264 g/mol. The molecule has 1 aromatic rings. The van der Waals surface area contributed by atoms with Gasteiger partial charge >= 0.3 is 0 Å². The minimum atomic E-state index is 0.188. The minimum absolute atomic E-state index is 0.188. The van der Waals surface area contributed by atoms with Crippen molar-refractivity contribution in [1.29, 1.82) is 0 Å². The van der Waals surface area contributed by atoms with Crippen LogP contribution in [0.25, 0.3) is 0 Å². The molecule has 5 nitrogen and oxygen atoms in total. The van der Waals surface area contributed by atoms with Crippen molar-refractivity contribution in [3.63, 3.8) is 0 Å². The lowest BCUT2D eigenvalue weighted by molar-refractivity contribution is -0.121. The van der Waals surface area contributed by atoms with Crippen molar-refractivity contribution >= 4 is 5.91 Å². The van der Waals surface area contributed by atoms with Gasteiger partial charge in [0.15, 0.2) is 0 Å². The first-order valence-corrected chi connectivity index (χ1v) is 8.04. The number of carbonyl (C=O) groups is 1. The van der Waals surface area contributed by atoms with Gasteiger partial charge in [-0.3, -0.25) is 9.48 Å². The standard InChI is InChI=1S/C16H28N4O/c1-12-15(13(2)20(3)19-12)8-11-18-16(21)5-4-14-6-9-17-10-7-14/h14,17H,4-11H2,1-3H3,(H,18,21). The monoisotopic (exact) mass is 292 g/mol. The highest BCUT2D eigenvalue weighted by Crippen LogP contribution is 2.17. The molecule has 5 heteroatoms. The molecule has 0 atom stereocenters. The van der Waals surface area contributed by atoms with Crippen LogP contribution in [-0.2, 0) is 18.3 Å². The summed E-state index contributed by atoms with van der Waals surface area (Å²) in [6.45, 7) is 7.02. The first kappa shape index (κ1) is 16.0. The molecule has 21 heavy (non-hydrogen) atoms. The Labute approximate surface area is 127 Å². The van der Waals surface area contributed by atoms with E-state index in [-0.39, 0.29) is 5.91 Å². The summed E-state index contributed by atoms with van der Waals surface area (Å²) in [5.41, 5.74) is 3.52. The number of hydrogen-bond donors (Lipinski definition) is 2. The number of carbonyl (C=O) groups excluding carboxylic acids is 1. The lowest BCUT2D eigenvalue weighted by Crippen LogP contribution is -2.30. The molecular formula is C16H28N4O. The SMILES string of the molecule is Cc1nn(C)c(C)c1CCNC(=O)CCC1CCNCC1. The van der Waals surface area contributed by atoms with Crippen LogP contribution in [0.1, 0.15) is 42.6 Å². The Kier molecular flexibility index (Phi) is 5.79. The van der Waals surface area contributed by atoms with Crippen LogP contribution in [0, 0.1) is 19.8 Å². The summed E-state index contributed by atoms with van der Waals surface area (Å²) in [4.78, 5) is 11.9. The zero-order chi connectivity index (χ0) is 15.2. The molecule has 0 aromatic carbocycles. The number of nitrogens with one attached hydrogen (secondary N) is 2. The fraction of sp³-hybridized carbons (Fsp3) is 0.750. The molecule has 0 bridgehead atoms. The first-order valence-electron chi connectivity index (χ1n) is 8.04. The molecule has 1 aromatic heterocycles. The molecule has 0 saturated carbocycles. The summed E-state index contributed by atoms with van der Waals surface area (Å²) in [5, 5.41) is 10.8. The first-order chi connectivity index (χ1) is 10.1. The van der Waals surface area contributed by atoms with Gasteiger partial charge < -0.3 is 10.6 Å². The maximum atomic E-state index is 11.9. The Morgan fingerprint density at radius 2 is 2.10 bits per heavy atom. The lowest BCUT2D eigenvalue weighted by atomic mass is 9.93. The molecule has 0 unspecified atom stereocenters. The second-order valence-electron chi connectivity index (χ2n) is 6.10. The van der Waals surface area contributed by atoms with Gasteiger partial charge in [0.1, 0.15) is 0 Å². The van der Waals surface area contributed by atoms with Crippen LogP contribution < -0.4 is 10.6 Å². The summed E-state index contributed by atoms with van der Waals surface area (Å²) in [6.07, 6.45) is 4.97. The minimum Gasteiger partial charge on any atom is -0.356 e. The van der Waals surface area contributed by atoms with Crippen molar-refractivity contribution in [3.05, 3.63) is 17.0 Å². The molecule has 1 fully saturated rings. The average Bonchev–Trinajstić information content (AvgIpc) is 2.72. The van der Waals surface area contributed by atoms with E-state index in [9.17, 15) is 4.79 Å². The number of amides is 1. The molecule has 1 saturated heterocycles. The van der Waals surface area contributed by atoms with Crippen LogP contribution in [0.5, 0.6) is 0 Å². The fourth-order valence-corrected chi connectivity index (χ4v) is 3.10. The number of aryl methyl sites for hydroxylation is 2. The van der Waals surface area contributed by atoms with Crippen LogP contribution >= 0.6 is 0 Å². The quantitative estimate of drug-likeness (QED) is 0.835. The Hall–Kier alpha value is -1.36. The second kappa shape index (κ2) is 7.59. The molecule has 2 N–H and O–H groups in total. The predicted octanol–water partition coefficient (Wildman–Crippen LogP) is 1.48. The average molecular weight is 292 g/mol. The van der Waals surface area contributed by atoms with Crippen LogP contribution in [0.3, 0.4) is 0 Å². The van der Waals surface area contributed by atoms with E-state index in [1.54, 1.807) is 0 Å². The number of nitrogens with zero attached hydrogens (tertiary/aromatic N) is 2. The molecule has 1 amide bonds. The van der Waals surface area contributed by atoms with E-state index in [0.29, 0.717) is 13.0 Å². The summed E-state index contributed by atoms with van der Waals surface area (Å²) < 4.78 is 1.91. The number of hydrogen-bond acceptors (Lipinski definition) is 3. The van der Waals surface area contributed by atoms with Crippen LogP contribution in [0.2, 0.25) is 0 Å². The van der Waals surface area contributed by atoms with E-state index in [4.69, 9.17) is 0 Å². The van der Waals surface area contributed by atoms with Gasteiger partial charge in [0.25, 0.3) is 0 Å². The lowest BCUT2D eigenvalue weighted by Gasteiger charge is -2.22. The van der Waals surface area contributed by atoms with Gasteiger partial charge in [-0.1, -0.05) is 0 Å². The number of piperidine rings is 1. The van der Waals surface area contributed by atoms with Crippen molar-refractivity contribution in [3.8, 4) is 0 Å². The maximum absolute atomic E-state index is 11.9. The predicted molar refractivity (Wildman–Crippen MR) is 84.2 cm³/mol. The summed E-state index contributed by atoms with van der Waals surface area (Å²) in [5.74, 6) is 0.910. The Balaban J connectivity index is 1.67. The van der Waals surface area contributed by atoms with Crippen LogP contribution in [-0.4, -0.2) is 35.3 Å². The van der Waals surface area contributed by atoms with E-state index in [1.807, 2.05) is 18.7 Å². The van der Waals surface area contributed by atoms with Crippen molar-refractivity contribution in [2.24, 2.45) is 13.0 Å². The number of rotatable bonds is 6. The highest BCUT2D eigenvalue weighted by molar-refractivity contribution is 5.75. The van der Waals surface area contributed by atoms with E-state index in [1.165, 1.54) is 24.1 Å². The van der Waals surface area contributed by atoms with Gasteiger partial charge in [0.05, 0.1) is 5.69 Å². The number of aromatic nitrogens is 2. The second-order valence-corrected chi connectivity index (χ2v) is 6.10. The van der Waals surface area contributed by atoms with E-state index in [2.05, 4.69) is 22.7 Å². The zero-order valence-electron chi connectivity index (χ0n) is 13.5. The van der Waals surface area contributed by atoms with Gasteiger partial charge in [-0.2, -0.15) is 5.10 Å². The smallest absolute Gasteiger partial charge is 0.220 e. The van der Waals surface area contributed by atoms with Crippen molar-refractivity contribution in [2.45, 2.75) is 46.0 Å². The Morgan fingerprint density at radius 3 is 2.71 bits per heavy atom. The molecule has 2 rings (SSSR count). The molecule has 1 aliphatic rings. The summed E-state index contributed by atoms with van der Waals surface area (Å²) >= 11 is 0. The van der Waals surface area contributed by atoms with Gasteiger partial charge in [-0.05, 0) is 64.1 Å². The molecule has 0 aliphatic carbocycles. The maximum Gasteiger partial charge on any atom is 0.220 e. The Bertz CT molecular complexity index is 475. The van der Waals surface area contributed by atoms with Crippen molar-refractivity contribution in [1.82, 2.24) is 20.4 Å². The van der Waals surface area contributed by atoms with Gasteiger partial charge in [-0.25, -0.2) is 0 Å². The highest BCUT2D eigenvalue weighted by Gasteiger charge is 2.14. The third-order valence-electron chi connectivity index (χ3n) is 4.59. The van der Waals surface area contributed by atoms with Crippen LogP contribution in [0.15, 0.2) is 0 Å². The van der Waals surface area contributed by atoms with E-state index < -0.39 is 0 Å². The fourth-order valence-electron chi connectivity index (χ4n) is 3.10. The van der Waals surface area contributed by atoms with Gasteiger partial charge in [0.2, 0.25) is 5.91 Å². The van der Waals surface area contributed by atoms with Crippen molar-refractivity contribution < 1.29 is 4.79 Å². The molecule has 1 aliphatic heterocycles. The van der Waals surface area contributed by atoms with Crippen LogP contribution in [0.4, 0.5) is 0 Å². The topological polar surface area (TPSA) is 59.0 Å². The third kappa shape index (κ3) is 4.56. The highest BCUT2D eigenvalue weighted by atomic mass is 16.1. The molecule has 2 heterocycles. The van der Waals surface area contributed by atoms with Gasteiger partial charge in [0, 0.05) is 25.7 Å². The van der Waals surface area contributed by atoms with Crippen molar-refractivity contribution in [2.75, 3.05) is 19.6 Å². The third-order valence-corrected chi connectivity index (χ3v) is 4.59.